The van der Waals surface area contributed by atoms with Crippen LogP contribution in [-0.2, 0) is 4.84 Å². The SMILES string of the molecule is CONC(=O)c1ncccc1Br. The van der Waals surface area contributed by atoms with Crippen molar-refractivity contribution in [3.63, 3.8) is 0 Å². The molecule has 0 aliphatic heterocycles. The highest BCUT2D eigenvalue weighted by molar-refractivity contribution is 9.10. The molecular formula is C7H7BrN2O2. The van der Waals surface area contributed by atoms with Crippen molar-refractivity contribution in [3.8, 4) is 0 Å². The molecule has 12 heavy (non-hydrogen) atoms. The highest BCUT2D eigenvalue weighted by atomic mass is 79.9. The number of carbonyl (C=O) groups is 1. The maximum atomic E-state index is 11.1. The van der Waals surface area contributed by atoms with Gasteiger partial charge in [0.1, 0.15) is 5.69 Å². The molecular weight excluding hydrogens is 224 g/mol. The molecule has 0 bridgehead atoms. The maximum absolute atomic E-state index is 11.1. The lowest BCUT2D eigenvalue weighted by Gasteiger charge is -2.01. The van der Waals surface area contributed by atoms with Crippen LogP contribution in [0.5, 0.6) is 0 Å². The second-order valence-electron chi connectivity index (χ2n) is 1.97. The van der Waals surface area contributed by atoms with E-state index in [4.69, 9.17) is 0 Å². The number of hydroxylamine groups is 1. The van der Waals surface area contributed by atoms with E-state index in [-0.39, 0.29) is 5.91 Å². The first-order valence-electron chi connectivity index (χ1n) is 3.19. The lowest BCUT2D eigenvalue weighted by atomic mass is 10.3. The second kappa shape index (κ2) is 4.18. The summed E-state index contributed by atoms with van der Waals surface area (Å²) in [6.07, 6.45) is 1.54. The normalized spacial score (nSPS) is 9.50. The fourth-order valence-corrected chi connectivity index (χ4v) is 1.13. The Balaban J connectivity index is 2.87. The van der Waals surface area contributed by atoms with E-state index in [1.165, 1.54) is 13.3 Å². The van der Waals surface area contributed by atoms with Gasteiger partial charge in [-0.05, 0) is 28.1 Å². The number of hydrogen-bond acceptors (Lipinski definition) is 3. The number of hydrogen-bond donors (Lipinski definition) is 1. The molecule has 1 amide bonds. The van der Waals surface area contributed by atoms with Gasteiger partial charge >= 0.3 is 0 Å². The standard InChI is InChI=1S/C7H7BrN2O2/c1-12-10-7(11)6-5(8)3-2-4-9-6/h2-4H,1H3,(H,10,11). The van der Waals surface area contributed by atoms with Crippen LogP contribution in [0.4, 0.5) is 0 Å². The monoisotopic (exact) mass is 230 g/mol. The van der Waals surface area contributed by atoms with Crippen LogP contribution in [0.15, 0.2) is 22.8 Å². The van der Waals surface area contributed by atoms with Crippen LogP contribution in [0.2, 0.25) is 0 Å². The third-order valence-electron chi connectivity index (χ3n) is 1.17. The first-order valence-corrected chi connectivity index (χ1v) is 3.99. The van der Waals surface area contributed by atoms with E-state index in [1.807, 2.05) is 0 Å². The minimum absolute atomic E-state index is 0.305. The predicted octanol–water partition coefficient (Wildman–Crippen LogP) is 1.14. The molecule has 1 aromatic heterocycles. The van der Waals surface area contributed by atoms with Gasteiger partial charge in [0.05, 0.1) is 7.11 Å². The summed E-state index contributed by atoms with van der Waals surface area (Å²) in [6.45, 7) is 0. The molecule has 64 valence electrons. The van der Waals surface area contributed by atoms with Crippen molar-refractivity contribution >= 4 is 21.8 Å². The Bertz CT molecular complexity index is 290. The molecule has 0 aromatic carbocycles. The van der Waals surface area contributed by atoms with Crippen molar-refractivity contribution in [1.82, 2.24) is 10.5 Å². The molecule has 1 aromatic rings. The summed E-state index contributed by atoms with van der Waals surface area (Å²) in [4.78, 5) is 19.4. The molecule has 1 N–H and O–H groups in total. The number of amides is 1. The fraction of sp³-hybridized carbons (Fsp3) is 0.143. The Hall–Kier alpha value is -0.940. The first kappa shape index (κ1) is 9.15. The number of carbonyl (C=O) groups excluding carboxylic acids is 1. The van der Waals surface area contributed by atoms with Crippen molar-refractivity contribution in [2.75, 3.05) is 7.11 Å². The maximum Gasteiger partial charge on any atom is 0.294 e. The van der Waals surface area contributed by atoms with E-state index in [2.05, 4.69) is 31.2 Å². The van der Waals surface area contributed by atoms with Gasteiger partial charge < -0.3 is 0 Å². The van der Waals surface area contributed by atoms with E-state index in [0.29, 0.717) is 10.2 Å². The fourth-order valence-electron chi connectivity index (χ4n) is 0.694. The van der Waals surface area contributed by atoms with E-state index < -0.39 is 0 Å². The second-order valence-corrected chi connectivity index (χ2v) is 2.82. The van der Waals surface area contributed by atoms with Crippen molar-refractivity contribution in [2.45, 2.75) is 0 Å². The molecule has 0 saturated carbocycles. The average molecular weight is 231 g/mol. The van der Waals surface area contributed by atoms with Gasteiger partial charge in [0.2, 0.25) is 0 Å². The summed E-state index contributed by atoms with van der Waals surface area (Å²) in [6, 6.07) is 3.46. The van der Waals surface area contributed by atoms with Crippen LogP contribution < -0.4 is 5.48 Å². The summed E-state index contributed by atoms with van der Waals surface area (Å²) >= 11 is 3.19. The van der Waals surface area contributed by atoms with Crippen LogP contribution in [-0.4, -0.2) is 18.0 Å². The Morgan fingerprint density at radius 3 is 3.08 bits per heavy atom. The largest absolute Gasteiger partial charge is 0.294 e. The minimum Gasteiger partial charge on any atom is -0.277 e. The van der Waals surface area contributed by atoms with Crippen LogP contribution in [0, 0.1) is 0 Å². The van der Waals surface area contributed by atoms with Gasteiger partial charge in [-0.2, -0.15) is 0 Å². The van der Waals surface area contributed by atoms with Gasteiger partial charge in [0.25, 0.3) is 5.91 Å². The minimum atomic E-state index is -0.370. The first-order chi connectivity index (χ1) is 5.75. The van der Waals surface area contributed by atoms with Gasteiger partial charge in [-0.15, -0.1) is 0 Å². The number of rotatable bonds is 2. The lowest BCUT2D eigenvalue weighted by molar-refractivity contribution is 0.0531. The Morgan fingerprint density at radius 1 is 1.75 bits per heavy atom. The molecule has 0 saturated heterocycles. The molecule has 0 unspecified atom stereocenters. The van der Waals surface area contributed by atoms with Crippen molar-refractivity contribution in [1.29, 1.82) is 0 Å². The molecule has 0 radical (unpaired) electrons. The number of pyridine rings is 1. The summed E-state index contributed by atoms with van der Waals surface area (Å²) in [5.74, 6) is -0.370. The zero-order valence-electron chi connectivity index (χ0n) is 6.37. The third kappa shape index (κ3) is 2.02. The van der Waals surface area contributed by atoms with Gasteiger partial charge in [-0.25, -0.2) is 10.5 Å². The number of nitrogens with zero attached hydrogens (tertiary/aromatic N) is 1. The molecule has 0 aliphatic carbocycles. The molecule has 1 rings (SSSR count). The highest BCUT2D eigenvalue weighted by Gasteiger charge is 2.09. The molecule has 1 heterocycles. The van der Waals surface area contributed by atoms with Crippen LogP contribution in [0.3, 0.4) is 0 Å². The van der Waals surface area contributed by atoms with E-state index in [1.54, 1.807) is 12.1 Å². The highest BCUT2D eigenvalue weighted by Crippen LogP contribution is 2.12. The third-order valence-corrected chi connectivity index (χ3v) is 1.81. The van der Waals surface area contributed by atoms with Crippen molar-refractivity contribution in [3.05, 3.63) is 28.5 Å². The zero-order valence-corrected chi connectivity index (χ0v) is 7.96. The van der Waals surface area contributed by atoms with E-state index >= 15 is 0 Å². The Kier molecular flexibility index (Phi) is 3.19. The molecule has 0 aliphatic rings. The van der Waals surface area contributed by atoms with Gasteiger partial charge in [0.15, 0.2) is 0 Å². The smallest absolute Gasteiger partial charge is 0.277 e. The summed E-state index contributed by atoms with van der Waals surface area (Å²) in [5, 5.41) is 0. The average Bonchev–Trinajstić information content (AvgIpc) is 2.05. The number of aromatic nitrogens is 1. The Labute approximate surface area is 78.0 Å². The predicted molar refractivity (Wildman–Crippen MR) is 46.4 cm³/mol. The summed E-state index contributed by atoms with van der Waals surface area (Å²) < 4.78 is 0.638. The quantitative estimate of drug-likeness (QED) is 0.776. The van der Waals surface area contributed by atoms with Crippen LogP contribution in [0.1, 0.15) is 10.5 Å². The van der Waals surface area contributed by atoms with Gasteiger partial charge in [-0.3, -0.25) is 9.63 Å². The Morgan fingerprint density at radius 2 is 2.50 bits per heavy atom. The van der Waals surface area contributed by atoms with Gasteiger partial charge in [-0.1, -0.05) is 0 Å². The topological polar surface area (TPSA) is 51.2 Å². The molecule has 4 nitrogen and oxygen atoms in total. The number of halogens is 1. The molecule has 0 atom stereocenters. The van der Waals surface area contributed by atoms with Gasteiger partial charge in [0, 0.05) is 10.7 Å². The molecule has 5 heteroatoms. The van der Waals surface area contributed by atoms with Crippen molar-refractivity contribution < 1.29 is 9.63 Å². The van der Waals surface area contributed by atoms with E-state index in [9.17, 15) is 4.79 Å². The molecule has 0 spiro atoms. The summed E-state index contributed by atoms with van der Waals surface area (Å²) in [7, 11) is 1.37. The zero-order chi connectivity index (χ0) is 8.97. The van der Waals surface area contributed by atoms with E-state index in [0.717, 1.165) is 0 Å². The molecule has 0 fully saturated rings. The van der Waals surface area contributed by atoms with Crippen molar-refractivity contribution in [2.24, 2.45) is 0 Å². The number of nitrogens with one attached hydrogen (secondary N) is 1. The van der Waals surface area contributed by atoms with Crippen LogP contribution in [0.25, 0.3) is 0 Å². The van der Waals surface area contributed by atoms with Crippen LogP contribution >= 0.6 is 15.9 Å². The lowest BCUT2D eigenvalue weighted by Crippen LogP contribution is -2.23. The summed E-state index contributed by atoms with van der Waals surface area (Å²) in [5.41, 5.74) is 2.48.